The minimum atomic E-state index is -0.562. The predicted molar refractivity (Wildman–Crippen MR) is 84.0 cm³/mol. The van der Waals surface area contributed by atoms with E-state index in [9.17, 15) is 9.59 Å². The maximum atomic E-state index is 12.7. The molecule has 0 aromatic heterocycles. The Morgan fingerprint density at radius 3 is 2.57 bits per heavy atom. The lowest BCUT2D eigenvalue weighted by atomic mass is 10.1. The second-order valence-electron chi connectivity index (χ2n) is 5.23. The van der Waals surface area contributed by atoms with Gasteiger partial charge in [0.2, 0.25) is 0 Å². The Labute approximate surface area is 135 Å². The molecule has 1 heterocycles. The van der Waals surface area contributed by atoms with E-state index in [1.54, 1.807) is 37.2 Å². The van der Waals surface area contributed by atoms with Crippen molar-refractivity contribution in [2.75, 3.05) is 47.0 Å². The summed E-state index contributed by atoms with van der Waals surface area (Å²) in [7, 11) is 3.16. The van der Waals surface area contributed by atoms with Crippen molar-refractivity contribution in [2.24, 2.45) is 0 Å². The van der Waals surface area contributed by atoms with Gasteiger partial charge in [0, 0.05) is 27.2 Å². The summed E-state index contributed by atoms with van der Waals surface area (Å²) in [5.41, 5.74) is 0.313. The number of carbonyl (C=O) groups excluding carboxylic acids is 2. The molecule has 0 atom stereocenters. The van der Waals surface area contributed by atoms with Crippen LogP contribution in [0.25, 0.3) is 0 Å². The summed E-state index contributed by atoms with van der Waals surface area (Å²) in [6.07, 6.45) is -0.562. The van der Waals surface area contributed by atoms with Crippen LogP contribution < -0.4 is 9.47 Å². The SMILES string of the molecule is CCOc1cccc(C(=O)N2CCOCC2)c1OC(=O)N(C)C. The third-order valence-corrected chi connectivity index (χ3v) is 3.36. The second-order valence-corrected chi connectivity index (χ2v) is 5.23. The van der Waals surface area contributed by atoms with Gasteiger partial charge in [-0.05, 0) is 19.1 Å². The first kappa shape index (κ1) is 17.1. The van der Waals surface area contributed by atoms with Crippen LogP contribution in [0.3, 0.4) is 0 Å². The molecule has 1 saturated heterocycles. The average molecular weight is 322 g/mol. The molecule has 2 rings (SSSR count). The molecule has 1 aliphatic rings. The molecule has 0 unspecified atom stereocenters. The van der Waals surface area contributed by atoms with Crippen molar-refractivity contribution in [1.82, 2.24) is 9.80 Å². The zero-order valence-corrected chi connectivity index (χ0v) is 13.7. The van der Waals surface area contributed by atoms with E-state index in [2.05, 4.69) is 0 Å². The van der Waals surface area contributed by atoms with Crippen LogP contribution in [0.5, 0.6) is 11.5 Å². The number of hydrogen-bond acceptors (Lipinski definition) is 5. The van der Waals surface area contributed by atoms with Gasteiger partial charge in [0.25, 0.3) is 5.91 Å². The lowest BCUT2D eigenvalue weighted by Gasteiger charge is -2.27. The molecule has 7 nitrogen and oxygen atoms in total. The Balaban J connectivity index is 2.34. The fraction of sp³-hybridized carbons (Fsp3) is 0.500. The number of morpholine rings is 1. The van der Waals surface area contributed by atoms with Crippen LogP contribution in [0.15, 0.2) is 18.2 Å². The van der Waals surface area contributed by atoms with E-state index in [-0.39, 0.29) is 11.7 Å². The summed E-state index contributed by atoms with van der Waals surface area (Å²) >= 11 is 0. The van der Waals surface area contributed by atoms with Crippen molar-refractivity contribution in [1.29, 1.82) is 0 Å². The summed E-state index contributed by atoms with van der Waals surface area (Å²) < 4.78 is 16.2. The van der Waals surface area contributed by atoms with Crippen molar-refractivity contribution in [3.8, 4) is 11.5 Å². The van der Waals surface area contributed by atoms with Crippen LogP contribution in [0.4, 0.5) is 4.79 Å². The van der Waals surface area contributed by atoms with Gasteiger partial charge in [0.1, 0.15) is 0 Å². The third kappa shape index (κ3) is 4.13. The second kappa shape index (κ2) is 7.82. The summed E-state index contributed by atoms with van der Waals surface area (Å²) in [6, 6.07) is 5.03. The predicted octanol–water partition coefficient (Wildman–Crippen LogP) is 1.62. The minimum Gasteiger partial charge on any atom is -0.490 e. The molecule has 1 aromatic rings. The van der Waals surface area contributed by atoms with Crippen LogP contribution in [0, 0.1) is 0 Å². The van der Waals surface area contributed by atoms with Gasteiger partial charge in [-0.25, -0.2) is 4.79 Å². The Morgan fingerprint density at radius 1 is 1.26 bits per heavy atom. The van der Waals surface area contributed by atoms with Crippen molar-refractivity contribution < 1.29 is 23.8 Å². The van der Waals surface area contributed by atoms with Crippen LogP contribution in [-0.4, -0.2) is 68.8 Å². The molecule has 1 fully saturated rings. The van der Waals surface area contributed by atoms with E-state index in [4.69, 9.17) is 14.2 Å². The highest BCUT2D eigenvalue weighted by molar-refractivity contribution is 5.98. The molecule has 23 heavy (non-hydrogen) atoms. The van der Waals surface area contributed by atoms with Gasteiger partial charge in [-0.3, -0.25) is 4.79 Å². The highest BCUT2D eigenvalue weighted by atomic mass is 16.6. The van der Waals surface area contributed by atoms with Crippen molar-refractivity contribution in [3.63, 3.8) is 0 Å². The van der Waals surface area contributed by atoms with Crippen molar-refractivity contribution >= 4 is 12.0 Å². The fourth-order valence-corrected chi connectivity index (χ4v) is 2.17. The number of ether oxygens (including phenoxy) is 3. The molecule has 126 valence electrons. The van der Waals surface area contributed by atoms with Gasteiger partial charge in [0.15, 0.2) is 11.5 Å². The monoisotopic (exact) mass is 322 g/mol. The van der Waals surface area contributed by atoms with Gasteiger partial charge in [-0.2, -0.15) is 0 Å². The molecular weight excluding hydrogens is 300 g/mol. The summed E-state index contributed by atoms with van der Waals surface area (Å²) in [4.78, 5) is 27.6. The Morgan fingerprint density at radius 2 is 1.96 bits per heavy atom. The lowest BCUT2D eigenvalue weighted by molar-refractivity contribution is 0.0300. The molecule has 0 saturated carbocycles. The Hall–Kier alpha value is -2.28. The maximum Gasteiger partial charge on any atom is 0.414 e. The number of hydrogen-bond donors (Lipinski definition) is 0. The largest absolute Gasteiger partial charge is 0.490 e. The number of nitrogens with zero attached hydrogens (tertiary/aromatic N) is 2. The molecule has 0 bridgehead atoms. The highest BCUT2D eigenvalue weighted by Gasteiger charge is 2.25. The van der Waals surface area contributed by atoms with E-state index >= 15 is 0 Å². The molecule has 1 aliphatic heterocycles. The Bertz CT molecular complexity index is 568. The van der Waals surface area contributed by atoms with Crippen LogP contribution in [0.1, 0.15) is 17.3 Å². The van der Waals surface area contributed by atoms with Crippen LogP contribution >= 0.6 is 0 Å². The molecular formula is C16H22N2O5. The zero-order chi connectivity index (χ0) is 16.8. The Kier molecular flexibility index (Phi) is 5.81. The summed E-state index contributed by atoms with van der Waals surface area (Å²) in [5, 5.41) is 0. The van der Waals surface area contributed by atoms with Crippen LogP contribution in [-0.2, 0) is 4.74 Å². The van der Waals surface area contributed by atoms with E-state index in [0.29, 0.717) is 44.2 Å². The molecule has 2 amide bonds. The standard InChI is InChI=1S/C16H22N2O5/c1-4-22-13-7-5-6-12(14(13)23-16(20)17(2)3)15(19)18-8-10-21-11-9-18/h5-7H,4,8-11H2,1-3H3. The van der Waals surface area contributed by atoms with Gasteiger partial charge >= 0.3 is 6.09 Å². The number of carbonyl (C=O) groups is 2. The number of benzene rings is 1. The first-order chi connectivity index (χ1) is 11.0. The maximum absolute atomic E-state index is 12.7. The topological polar surface area (TPSA) is 68.3 Å². The number of rotatable bonds is 4. The fourth-order valence-electron chi connectivity index (χ4n) is 2.17. The summed E-state index contributed by atoms with van der Waals surface area (Å²) in [6.45, 7) is 4.26. The van der Waals surface area contributed by atoms with E-state index in [0.717, 1.165) is 0 Å². The molecule has 0 aliphatic carbocycles. The van der Waals surface area contributed by atoms with Crippen molar-refractivity contribution in [2.45, 2.75) is 6.92 Å². The third-order valence-electron chi connectivity index (χ3n) is 3.36. The quantitative estimate of drug-likeness (QED) is 0.842. The highest BCUT2D eigenvalue weighted by Crippen LogP contribution is 2.33. The first-order valence-electron chi connectivity index (χ1n) is 7.56. The molecule has 0 N–H and O–H groups in total. The summed E-state index contributed by atoms with van der Waals surface area (Å²) in [5.74, 6) is 0.336. The first-order valence-corrected chi connectivity index (χ1v) is 7.56. The number of para-hydroxylation sites is 1. The lowest BCUT2D eigenvalue weighted by Crippen LogP contribution is -2.41. The molecule has 0 spiro atoms. The van der Waals surface area contributed by atoms with Gasteiger partial charge in [-0.15, -0.1) is 0 Å². The van der Waals surface area contributed by atoms with E-state index in [1.807, 2.05) is 6.92 Å². The normalized spacial score (nSPS) is 14.3. The molecule has 1 aromatic carbocycles. The molecule has 7 heteroatoms. The van der Waals surface area contributed by atoms with E-state index in [1.165, 1.54) is 4.90 Å². The van der Waals surface area contributed by atoms with Crippen molar-refractivity contribution in [3.05, 3.63) is 23.8 Å². The molecule has 0 radical (unpaired) electrons. The number of amides is 2. The van der Waals surface area contributed by atoms with Gasteiger partial charge in [-0.1, -0.05) is 6.07 Å². The average Bonchev–Trinajstić information content (AvgIpc) is 2.56. The van der Waals surface area contributed by atoms with Crippen LogP contribution in [0.2, 0.25) is 0 Å². The zero-order valence-electron chi connectivity index (χ0n) is 13.7. The van der Waals surface area contributed by atoms with E-state index < -0.39 is 6.09 Å². The minimum absolute atomic E-state index is 0.157. The smallest absolute Gasteiger partial charge is 0.414 e. The van der Waals surface area contributed by atoms with Gasteiger partial charge in [0.05, 0.1) is 25.4 Å². The van der Waals surface area contributed by atoms with Gasteiger partial charge < -0.3 is 24.0 Å².